The average molecular weight is 495 g/mol. The van der Waals surface area contributed by atoms with Crippen LogP contribution in [0.5, 0.6) is 5.75 Å². The average Bonchev–Trinajstić information content (AvgIpc) is 3.58. The molecule has 5 rings (SSSR count). The molecule has 0 unspecified atom stereocenters. The Bertz CT molecular complexity index is 1190. The molecule has 0 radical (unpaired) electrons. The third kappa shape index (κ3) is 4.84. The summed E-state index contributed by atoms with van der Waals surface area (Å²) in [5, 5.41) is 2.78. The van der Waals surface area contributed by atoms with E-state index in [0.29, 0.717) is 23.7 Å². The van der Waals surface area contributed by atoms with Gasteiger partial charge in [-0.25, -0.2) is 0 Å². The highest BCUT2D eigenvalue weighted by Gasteiger charge is 2.38. The van der Waals surface area contributed by atoms with Crippen LogP contribution >= 0.6 is 22.9 Å². The Labute approximate surface area is 208 Å². The molecule has 0 spiro atoms. The van der Waals surface area contributed by atoms with Gasteiger partial charge in [-0.2, -0.15) is 0 Å². The number of benzene rings is 2. The van der Waals surface area contributed by atoms with Gasteiger partial charge in [-0.05, 0) is 79.1 Å². The Balaban J connectivity index is 1.34. The number of hydrogen-bond acceptors (Lipinski definition) is 4. The second-order valence-corrected chi connectivity index (χ2v) is 10.3. The molecule has 0 saturated heterocycles. The van der Waals surface area contributed by atoms with Gasteiger partial charge in [0.2, 0.25) is 5.91 Å². The van der Waals surface area contributed by atoms with Gasteiger partial charge in [0, 0.05) is 28.0 Å². The SMILES string of the molecule is Cc1cc(OC[C@@H]2c3ccsc3CCN2C(=O)CN(C(=O)c2ccccc2)C2CC2)ccc1Cl. The van der Waals surface area contributed by atoms with Crippen LogP contribution in [0.25, 0.3) is 0 Å². The number of thiophene rings is 1. The van der Waals surface area contributed by atoms with E-state index in [4.69, 9.17) is 16.3 Å². The molecular weight excluding hydrogens is 468 g/mol. The lowest BCUT2D eigenvalue weighted by Gasteiger charge is -2.37. The van der Waals surface area contributed by atoms with Crippen LogP contribution in [0.4, 0.5) is 0 Å². The number of carbonyl (C=O) groups is 2. The molecule has 2 heterocycles. The number of aryl methyl sites for hydroxylation is 1. The fourth-order valence-electron chi connectivity index (χ4n) is 4.49. The first kappa shape index (κ1) is 22.9. The summed E-state index contributed by atoms with van der Waals surface area (Å²) < 4.78 is 6.14. The van der Waals surface area contributed by atoms with Crippen molar-refractivity contribution >= 4 is 34.8 Å². The van der Waals surface area contributed by atoms with Gasteiger partial charge >= 0.3 is 0 Å². The van der Waals surface area contributed by atoms with E-state index in [1.807, 2.05) is 60.4 Å². The lowest BCUT2D eigenvalue weighted by molar-refractivity contribution is -0.135. The van der Waals surface area contributed by atoms with E-state index >= 15 is 0 Å². The molecule has 1 saturated carbocycles. The lowest BCUT2D eigenvalue weighted by Crippen LogP contribution is -2.48. The van der Waals surface area contributed by atoms with Crippen molar-refractivity contribution in [1.82, 2.24) is 9.80 Å². The largest absolute Gasteiger partial charge is 0.491 e. The molecule has 5 nitrogen and oxygen atoms in total. The van der Waals surface area contributed by atoms with Crippen LogP contribution in [0, 0.1) is 6.92 Å². The topological polar surface area (TPSA) is 49.9 Å². The molecule has 3 aromatic rings. The number of ether oxygens (including phenoxy) is 1. The molecule has 1 aromatic heterocycles. The maximum Gasteiger partial charge on any atom is 0.254 e. The summed E-state index contributed by atoms with van der Waals surface area (Å²) in [5.74, 6) is 0.624. The number of amides is 2. The maximum absolute atomic E-state index is 13.6. The Morgan fingerprint density at radius 3 is 2.68 bits per heavy atom. The van der Waals surface area contributed by atoms with E-state index in [1.165, 1.54) is 4.88 Å². The number of fused-ring (bicyclic) bond motifs is 1. The van der Waals surface area contributed by atoms with Crippen LogP contribution in [-0.4, -0.2) is 47.4 Å². The molecule has 2 amide bonds. The maximum atomic E-state index is 13.6. The van der Waals surface area contributed by atoms with Gasteiger partial charge in [-0.1, -0.05) is 29.8 Å². The van der Waals surface area contributed by atoms with Gasteiger partial charge in [0.1, 0.15) is 18.9 Å². The van der Waals surface area contributed by atoms with Gasteiger partial charge in [0.05, 0.1) is 6.04 Å². The van der Waals surface area contributed by atoms with E-state index in [-0.39, 0.29) is 30.4 Å². The van der Waals surface area contributed by atoms with E-state index in [2.05, 4.69) is 11.4 Å². The zero-order valence-corrected chi connectivity index (χ0v) is 20.6. The summed E-state index contributed by atoms with van der Waals surface area (Å²) in [6.45, 7) is 3.01. The van der Waals surface area contributed by atoms with Gasteiger partial charge in [0.25, 0.3) is 5.91 Å². The predicted molar refractivity (Wildman–Crippen MR) is 135 cm³/mol. The minimum Gasteiger partial charge on any atom is -0.491 e. The molecule has 0 N–H and O–H groups in total. The van der Waals surface area contributed by atoms with Gasteiger partial charge in [0.15, 0.2) is 0 Å². The van der Waals surface area contributed by atoms with Crippen molar-refractivity contribution in [2.45, 2.75) is 38.3 Å². The summed E-state index contributed by atoms with van der Waals surface area (Å²) in [4.78, 5) is 31.7. The Kier molecular flexibility index (Phi) is 6.61. The number of carbonyl (C=O) groups excluding carboxylic acids is 2. The normalized spacial score (nSPS) is 17.2. The number of halogens is 1. The number of nitrogens with zero attached hydrogens (tertiary/aromatic N) is 2. The van der Waals surface area contributed by atoms with Crippen LogP contribution in [0.1, 0.15) is 45.2 Å². The second kappa shape index (κ2) is 9.80. The van der Waals surface area contributed by atoms with Crippen molar-refractivity contribution in [3.63, 3.8) is 0 Å². The fourth-order valence-corrected chi connectivity index (χ4v) is 5.54. The van der Waals surface area contributed by atoms with Crippen LogP contribution in [-0.2, 0) is 11.2 Å². The molecule has 176 valence electrons. The summed E-state index contributed by atoms with van der Waals surface area (Å²) in [7, 11) is 0. The summed E-state index contributed by atoms with van der Waals surface area (Å²) in [6, 6.07) is 16.9. The van der Waals surface area contributed by atoms with Crippen molar-refractivity contribution in [3.8, 4) is 5.75 Å². The second-order valence-electron chi connectivity index (χ2n) is 8.90. The molecule has 2 aromatic carbocycles. The molecule has 1 atom stereocenters. The van der Waals surface area contributed by atoms with Crippen molar-refractivity contribution in [2.75, 3.05) is 19.7 Å². The molecule has 1 fully saturated rings. The minimum absolute atomic E-state index is 0.0334. The molecular formula is C27H27ClN2O3S. The van der Waals surface area contributed by atoms with Crippen LogP contribution in [0.2, 0.25) is 5.02 Å². The van der Waals surface area contributed by atoms with Crippen molar-refractivity contribution in [2.24, 2.45) is 0 Å². The molecule has 7 heteroatoms. The van der Waals surface area contributed by atoms with Gasteiger partial charge in [-0.15, -0.1) is 11.3 Å². The smallest absolute Gasteiger partial charge is 0.254 e. The Morgan fingerprint density at radius 1 is 1.15 bits per heavy atom. The first-order valence-corrected chi connectivity index (χ1v) is 12.9. The third-order valence-electron chi connectivity index (χ3n) is 6.53. The molecule has 1 aliphatic heterocycles. The zero-order valence-electron chi connectivity index (χ0n) is 19.1. The fraction of sp³-hybridized carbons (Fsp3) is 0.333. The van der Waals surface area contributed by atoms with Crippen LogP contribution < -0.4 is 4.74 Å². The summed E-state index contributed by atoms with van der Waals surface area (Å²) in [6.07, 6.45) is 2.72. The van der Waals surface area contributed by atoms with Crippen LogP contribution in [0.15, 0.2) is 60.0 Å². The summed E-state index contributed by atoms with van der Waals surface area (Å²) in [5.41, 5.74) is 2.72. The Morgan fingerprint density at radius 2 is 1.94 bits per heavy atom. The van der Waals surface area contributed by atoms with Crippen molar-refractivity contribution in [3.05, 3.63) is 86.6 Å². The van der Waals surface area contributed by atoms with Gasteiger partial charge in [-0.3, -0.25) is 9.59 Å². The van der Waals surface area contributed by atoms with Crippen molar-refractivity contribution in [1.29, 1.82) is 0 Å². The number of rotatable bonds is 7. The van der Waals surface area contributed by atoms with Gasteiger partial charge < -0.3 is 14.5 Å². The van der Waals surface area contributed by atoms with E-state index in [0.717, 1.165) is 36.1 Å². The van der Waals surface area contributed by atoms with E-state index < -0.39 is 0 Å². The molecule has 34 heavy (non-hydrogen) atoms. The van der Waals surface area contributed by atoms with E-state index in [1.54, 1.807) is 16.2 Å². The first-order chi connectivity index (χ1) is 16.5. The zero-order chi connectivity index (χ0) is 23.7. The highest BCUT2D eigenvalue weighted by atomic mass is 35.5. The standard InChI is InChI=1S/C27H27ClN2O3S/c1-18-15-21(9-10-23(18)28)33-17-24-22-12-14-34-25(22)11-13-29(24)26(31)16-30(20-7-8-20)27(32)19-5-3-2-4-6-19/h2-6,9-10,12,14-15,20,24H,7-8,11,13,16-17H2,1H3/t24-/m1/s1. The first-order valence-electron chi connectivity index (χ1n) is 11.6. The predicted octanol–water partition coefficient (Wildman–Crippen LogP) is 5.52. The monoisotopic (exact) mass is 494 g/mol. The molecule has 1 aliphatic carbocycles. The summed E-state index contributed by atoms with van der Waals surface area (Å²) >= 11 is 7.88. The quantitative estimate of drug-likeness (QED) is 0.434. The Hall–Kier alpha value is -2.83. The van der Waals surface area contributed by atoms with E-state index in [9.17, 15) is 9.59 Å². The lowest BCUT2D eigenvalue weighted by atomic mass is 10.00. The highest BCUT2D eigenvalue weighted by molar-refractivity contribution is 7.10. The molecule has 0 bridgehead atoms. The third-order valence-corrected chi connectivity index (χ3v) is 7.95. The molecule has 2 aliphatic rings. The number of hydrogen-bond donors (Lipinski definition) is 0. The minimum atomic E-state index is -0.189. The van der Waals surface area contributed by atoms with Crippen LogP contribution in [0.3, 0.4) is 0 Å². The highest BCUT2D eigenvalue weighted by Crippen LogP contribution is 2.35. The van der Waals surface area contributed by atoms with Crippen molar-refractivity contribution < 1.29 is 14.3 Å².